The first-order valence-electron chi connectivity index (χ1n) is 6.25. The molecule has 0 atom stereocenters. The van der Waals surface area contributed by atoms with Gasteiger partial charge in [0.2, 0.25) is 9.84 Å². The molecule has 0 unspecified atom stereocenters. The number of aryl methyl sites for hydroxylation is 1. The van der Waals surface area contributed by atoms with Crippen LogP contribution in [0.5, 0.6) is 0 Å². The summed E-state index contributed by atoms with van der Waals surface area (Å²) in [4.78, 5) is 4.60. The third-order valence-corrected chi connectivity index (χ3v) is 4.99. The third kappa shape index (κ3) is 2.08. The van der Waals surface area contributed by atoms with Crippen LogP contribution in [-0.4, -0.2) is 13.4 Å². The molecule has 3 rings (SSSR count). The van der Waals surface area contributed by atoms with E-state index in [1.807, 2.05) is 30.3 Å². The van der Waals surface area contributed by atoms with Gasteiger partial charge in [0.15, 0.2) is 5.03 Å². The molecule has 0 amide bonds. The third-order valence-electron chi connectivity index (χ3n) is 3.18. The van der Waals surface area contributed by atoms with E-state index in [1.54, 1.807) is 37.3 Å². The van der Waals surface area contributed by atoms with Gasteiger partial charge >= 0.3 is 0 Å². The van der Waals surface area contributed by atoms with Crippen LogP contribution in [0.25, 0.3) is 10.9 Å². The van der Waals surface area contributed by atoms with Gasteiger partial charge in [0.05, 0.1) is 10.4 Å². The first-order valence-corrected chi connectivity index (χ1v) is 7.74. The van der Waals surface area contributed by atoms with Gasteiger partial charge < -0.3 is 0 Å². The summed E-state index contributed by atoms with van der Waals surface area (Å²) in [7, 11) is -3.57. The lowest BCUT2D eigenvalue weighted by Gasteiger charge is -2.08. The van der Waals surface area contributed by atoms with Crippen molar-refractivity contribution >= 4 is 20.7 Å². The van der Waals surface area contributed by atoms with Crippen molar-refractivity contribution in [3.05, 3.63) is 66.2 Å². The molecule has 4 heteroatoms. The topological polar surface area (TPSA) is 47.0 Å². The van der Waals surface area contributed by atoms with Crippen molar-refractivity contribution in [3.63, 3.8) is 0 Å². The molecular weight excluding hydrogens is 270 g/mol. The number of pyridine rings is 1. The van der Waals surface area contributed by atoms with E-state index in [2.05, 4.69) is 4.98 Å². The van der Waals surface area contributed by atoms with Crippen molar-refractivity contribution in [2.24, 2.45) is 0 Å². The Morgan fingerprint density at radius 1 is 0.900 bits per heavy atom. The standard InChI is InChI=1S/C16H13NO2S/c1-12-11-13-7-5-6-10-15(13)17-16(12)20(18,19)14-8-3-2-4-9-14/h2-11H,1H3. The fraction of sp³-hybridized carbons (Fsp3) is 0.0625. The highest BCUT2D eigenvalue weighted by Gasteiger charge is 2.21. The van der Waals surface area contributed by atoms with E-state index in [9.17, 15) is 8.42 Å². The molecule has 1 heterocycles. The molecule has 3 nitrogen and oxygen atoms in total. The Morgan fingerprint density at radius 3 is 2.30 bits per heavy atom. The summed E-state index contributed by atoms with van der Waals surface area (Å²) in [6, 6.07) is 17.8. The van der Waals surface area contributed by atoms with Gasteiger partial charge in [-0.05, 0) is 36.8 Å². The second kappa shape index (κ2) is 4.72. The Bertz CT molecular complexity index is 871. The Hall–Kier alpha value is -2.20. The summed E-state index contributed by atoms with van der Waals surface area (Å²) in [5.41, 5.74) is 1.35. The minimum absolute atomic E-state index is 0.127. The zero-order valence-corrected chi connectivity index (χ0v) is 11.8. The van der Waals surface area contributed by atoms with Crippen LogP contribution in [-0.2, 0) is 9.84 Å². The van der Waals surface area contributed by atoms with Crippen LogP contribution in [0.1, 0.15) is 5.56 Å². The normalized spacial score (nSPS) is 11.7. The largest absolute Gasteiger partial charge is 0.236 e. The summed E-state index contributed by atoms with van der Waals surface area (Å²) in [6.07, 6.45) is 0. The summed E-state index contributed by atoms with van der Waals surface area (Å²) in [5.74, 6) is 0. The first-order chi connectivity index (χ1) is 9.59. The van der Waals surface area contributed by atoms with E-state index < -0.39 is 9.84 Å². The summed E-state index contributed by atoms with van der Waals surface area (Å²) in [6.45, 7) is 1.77. The molecular formula is C16H13NO2S. The van der Waals surface area contributed by atoms with E-state index in [4.69, 9.17) is 0 Å². The highest BCUT2D eigenvalue weighted by Crippen LogP contribution is 2.25. The first kappa shape index (κ1) is 12.8. The van der Waals surface area contributed by atoms with Crippen LogP contribution < -0.4 is 0 Å². The highest BCUT2D eigenvalue weighted by molar-refractivity contribution is 7.91. The van der Waals surface area contributed by atoms with Crippen LogP contribution in [0.15, 0.2) is 70.6 Å². The van der Waals surface area contributed by atoms with Gasteiger partial charge in [-0.15, -0.1) is 0 Å². The predicted molar refractivity (Wildman–Crippen MR) is 78.4 cm³/mol. The summed E-state index contributed by atoms with van der Waals surface area (Å²) in [5, 5.41) is 1.07. The number of hydrogen-bond donors (Lipinski definition) is 0. The number of nitrogens with zero attached hydrogens (tertiary/aromatic N) is 1. The van der Waals surface area contributed by atoms with Crippen LogP contribution in [0.3, 0.4) is 0 Å². The van der Waals surface area contributed by atoms with Gasteiger partial charge in [0.1, 0.15) is 0 Å². The second-order valence-corrected chi connectivity index (χ2v) is 6.48. The number of rotatable bonds is 2. The molecule has 20 heavy (non-hydrogen) atoms. The SMILES string of the molecule is Cc1cc2ccccc2nc1S(=O)(=O)c1ccccc1. The number of para-hydroxylation sites is 1. The molecule has 0 saturated heterocycles. The fourth-order valence-corrected chi connectivity index (χ4v) is 3.63. The number of hydrogen-bond acceptors (Lipinski definition) is 3. The van der Waals surface area contributed by atoms with Crippen LogP contribution in [0.4, 0.5) is 0 Å². The van der Waals surface area contributed by atoms with Crippen LogP contribution in [0, 0.1) is 6.92 Å². The van der Waals surface area contributed by atoms with E-state index in [0.29, 0.717) is 11.1 Å². The molecule has 0 bridgehead atoms. The van der Waals surface area contributed by atoms with Crippen molar-refractivity contribution in [1.29, 1.82) is 0 Å². The van der Waals surface area contributed by atoms with Gasteiger partial charge in [0.25, 0.3) is 0 Å². The van der Waals surface area contributed by atoms with Gasteiger partial charge in [-0.1, -0.05) is 36.4 Å². The Labute approximate surface area is 117 Å². The maximum absolute atomic E-state index is 12.6. The van der Waals surface area contributed by atoms with Gasteiger partial charge in [0, 0.05) is 5.39 Å². The Balaban J connectivity index is 2.27. The van der Waals surface area contributed by atoms with Crippen molar-refractivity contribution in [2.45, 2.75) is 16.8 Å². The maximum Gasteiger partial charge on any atom is 0.224 e. The smallest absolute Gasteiger partial charge is 0.224 e. The van der Waals surface area contributed by atoms with E-state index in [1.165, 1.54) is 0 Å². The van der Waals surface area contributed by atoms with Crippen molar-refractivity contribution < 1.29 is 8.42 Å². The highest BCUT2D eigenvalue weighted by atomic mass is 32.2. The molecule has 1 aromatic heterocycles. The zero-order valence-electron chi connectivity index (χ0n) is 10.9. The zero-order chi connectivity index (χ0) is 14.2. The summed E-state index contributed by atoms with van der Waals surface area (Å²) < 4.78 is 25.3. The fourth-order valence-electron chi connectivity index (χ4n) is 2.19. The minimum Gasteiger partial charge on any atom is -0.236 e. The summed E-state index contributed by atoms with van der Waals surface area (Å²) >= 11 is 0. The van der Waals surface area contributed by atoms with Gasteiger partial charge in [-0.3, -0.25) is 0 Å². The molecule has 0 aliphatic heterocycles. The molecule has 100 valence electrons. The molecule has 0 fully saturated rings. The molecule has 0 radical (unpaired) electrons. The lowest BCUT2D eigenvalue weighted by atomic mass is 10.2. The lowest BCUT2D eigenvalue weighted by Crippen LogP contribution is -2.06. The monoisotopic (exact) mass is 283 g/mol. The minimum atomic E-state index is -3.57. The van der Waals surface area contributed by atoms with Crippen LogP contribution >= 0.6 is 0 Å². The number of aromatic nitrogens is 1. The Kier molecular flexibility index (Phi) is 3.03. The Morgan fingerprint density at radius 2 is 1.55 bits per heavy atom. The molecule has 0 aliphatic carbocycles. The molecule has 0 saturated carbocycles. The van der Waals surface area contributed by atoms with Crippen molar-refractivity contribution in [1.82, 2.24) is 4.98 Å². The molecule has 0 N–H and O–H groups in total. The molecule has 3 aromatic rings. The lowest BCUT2D eigenvalue weighted by molar-refractivity contribution is 0.592. The van der Waals surface area contributed by atoms with Crippen LogP contribution in [0.2, 0.25) is 0 Å². The van der Waals surface area contributed by atoms with Crippen molar-refractivity contribution in [2.75, 3.05) is 0 Å². The number of benzene rings is 2. The average Bonchev–Trinajstić information content (AvgIpc) is 2.47. The average molecular weight is 283 g/mol. The number of sulfone groups is 1. The van der Waals surface area contributed by atoms with Gasteiger partial charge in [-0.25, -0.2) is 13.4 Å². The van der Waals surface area contributed by atoms with Gasteiger partial charge in [-0.2, -0.15) is 0 Å². The van der Waals surface area contributed by atoms with E-state index in [0.717, 1.165) is 5.39 Å². The quantitative estimate of drug-likeness (QED) is 0.724. The van der Waals surface area contributed by atoms with E-state index in [-0.39, 0.29) is 9.92 Å². The molecule has 0 spiro atoms. The van der Waals surface area contributed by atoms with Crippen molar-refractivity contribution in [3.8, 4) is 0 Å². The molecule has 2 aromatic carbocycles. The van der Waals surface area contributed by atoms with E-state index >= 15 is 0 Å². The number of fused-ring (bicyclic) bond motifs is 1. The maximum atomic E-state index is 12.6. The molecule has 0 aliphatic rings. The second-order valence-electron chi connectivity index (χ2n) is 4.62. The predicted octanol–water partition coefficient (Wildman–Crippen LogP) is 3.38.